The molecule has 0 aliphatic heterocycles. The largest absolute Gasteiger partial charge is 0.353 e. The summed E-state index contributed by atoms with van der Waals surface area (Å²) in [5.41, 5.74) is 0. The van der Waals surface area contributed by atoms with Crippen LogP contribution in [0.3, 0.4) is 0 Å². The highest BCUT2D eigenvalue weighted by Crippen LogP contribution is 1.83. The molecule has 0 spiro atoms. The van der Waals surface area contributed by atoms with Crippen LogP contribution in [0, 0.1) is 0 Å². The molecule has 2 heteroatoms. The molecule has 1 N–H and O–H groups in total. The van der Waals surface area contributed by atoms with Crippen molar-refractivity contribution in [1.29, 1.82) is 0 Å². The monoisotopic (exact) mass is 155 g/mol. The molecule has 0 rings (SSSR count). The van der Waals surface area contributed by atoms with Crippen LogP contribution in [-0.4, -0.2) is 12.5 Å². The Hall–Kier alpha value is -0.790. The zero-order valence-electron chi connectivity index (χ0n) is 7.39. The lowest BCUT2D eigenvalue weighted by Gasteiger charge is -1.98. The molecule has 0 atom stereocenters. The van der Waals surface area contributed by atoms with Crippen LogP contribution >= 0.6 is 0 Å². The topological polar surface area (TPSA) is 29.1 Å². The number of rotatable bonds is 5. The first-order valence-corrected chi connectivity index (χ1v) is 4.25. The molecule has 0 aromatic rings. The van der Waals surface area contributed by atoms with Crippen LogP contribution in [0.15, 0.2) is 12.2 Å². The summed E-state index contributed by atoms with van der Waals surface area (Å²) < 4.78 is 0. The van der Waals surface area contributed by atoms with Crippen LogP contribution in [-0.2, 0) is 4.79 Å². The van der Waals surface area contributed by atoms with E-state index in [9.17, 15) is 4.79 Å². The standard InChI is InChI=1S/C9H17NO/c1-3-5-7-9(11)10-8-6-4-2/h5,7H,3-4,6,8H2,1-2H3,(H,10,11). The van der Waals surface area contributed by atoms with E-state index >= 15 is 0 Å². The van der Waals surface area contributed by atoms with E-state index in [1.54, 1.807) is 6.08 Å². The molecule has 0 fully saturated rings. The van der Waals surface area contributed by atoms with Crippen LogP contribution in [0.5, 0.6) is 0 Å². The first-order valence-electron chi connectivity index (χ1n) is 4.25. The number of hydrogen-bond acceptors (Lipinski definition) is 1. The Bertz CT molecular complexity index is 130. The molecule has 0 bridgehead atoms. The number of amides is 1. The van der Waals surface area contributed by atoms with Gasteiger partial charge in [-0.15, -0.1) is 0 Å². The molecule has 0 saturated heterocycles. The molecular formula is C9H17NO. The lowest BCUT2D eigenvalue weighted by molar-refractivity contribution is -0.116. The van der Waals surface area contributed by atoms with Crippen LogP contribution in [0.25, 0.3) is 0 Å². The van der Waals surface area contributed by atoms with E-state index in [1.165, 1.54) is 0 Å². The third kappa shape index (κ3) is 7.10. The number of allylic oxidation sites excluding steroid dienone is 1. The number of nitrogens with one attached hydrogen (secondary N) is 1. The number of carbonyl (C=O) groups is 1. The Balaban J connectivity index is 3.30. The zero-order valence-corrected chi connectivity index (χ0v) is 7.39. The maximum atomic E-state index is 10.9. The summed E-state index contributed by atoms with van der Waals surface area (Å²) in [6, 6.07) is 0. The van der Waals surface area contributed by atoms with Crippen molar-refractivity contribution in [2.45, 2.75) is 33.1 Å². The van der Waals surface area contributed by atoms with Crippen molar-refractivity contribution in [3.63, 3.8) is 0 Å². The van der Waals surface area contributed by atoms with Gasteiger partial charge in [0.2, 0.25) is 5.91 Å². The van der Waals surface area contributed by atoms with Crippen LogP contribution in [0.2, 0.25) is 0 Å². The molecule has 2 nitrogen and oxygen atoms in total. The molecule has 0 aromatic carbocycles. The lowest BCUT2D eigenvalue weighted by Crippen LogP contribution is -2.21. The molecule has 0 saturated carbocycles. The molecule has 0 aromatic heterocycles. The second-order valence-electron chi connectivity index (χ2n) is 2.46. The summed E-state index contributed by atoms with van der Waals surface area (Å²) in [6.07, 6.45) is 6.56. The molecule has 11 heavy (non-hydrogen) atoms. The fourth-order valence-corrected chi connectivity index (χ4v) is 0.672. The molecule has 0 unspecified atom stereocenters. The van der Waals surface area contributed by atoms with E-state index in [0.29, 0.717) is 0 Å². The van der Waals surface area contributed by atoms with Gasteiger partial charge in [-0.1, -0.05) is 26.3 Å². The fourth-order valence-electron chi connectivity index (χ4n) is 0.672. The minimum atomic E-state index is 0.0281. The van der Waals surface area contributed by atoms with Crippen molar-refractivity contribution >= 4 is 5.91 Å². The molecule has 0 heterocycles. The van der Waals surface area contributed by atoms with E-state index in [2.05, 4.69) is 12.2 Å². The summed E-state index contributed by atoms with van der Waals surface area (Å²) in [5, 5.41) is 2.79. The van der Waals surface area contributed by atoms with Gasteiger partial charge in [0.1, 0.15) is 0 Å². The number of carbonyl (C=O) groups excluding carboxylic acids is 1. The van der Waals surface area contributed by atoms with Crippen LogP contribution < -0.4 is 5.32 Å². The molecule has 64 valence electrons. The minimum Gasteiger partial charge on any atom is -0.353 e. The zero-order chi connectivity index (χ0) is 8.53. The predicted octanol–water partition coefficient (Wildman–Crippen LogP) is 1.87. The minimum absolute atomic E-state index is 0.0281. The Morgan fingerprint density at radius 1 is 1.45 bits per heavy atom. The molecule has 0 aliphatic carbocycles. The van der Waals surface area contributed by atoms with Gasteiger partial charge in [0.05, 0.1) is 0 Å². The number of unbranched alkanes of at least 4 members (excludes halogenated alkanes) is 1. The Labute approximate surface area is 68.7 Å². The quantitative estimate of drug-likeness (QED) is 0.476. The van der Waals surface area contributed by atoms with E-state index in [0.717, 1.165) is 25.8 Å². The third-order valence-electron chi connectivity index (χ3n) is 1.33. The first-order chi connectivity index (χ1) is 5.31. The third-order valence-corrected chi connectivity index (χ3v) is 1.33. The van der Waals surface area contributed by atoms with Gasteiger partial charge in [0.25, 0.3) is 0 Å². The maximum absolute atomic E-state index is 10.9. The second kappa shape index (κ2) is 7.32. The highest BCUT2D eigenvalue weighted by molar-refractivity contribution is 5.87. The normalized spacial score (nSPS) is 10.4. The van der Waals surface area contributed by atoms with E-state index < -0.39 is 0 Å². The summed E-state index contributed by atoms with van der Waals surface area (Å²) in [7, 11) is 0. The van der Waals surface area contributed by atoms with Gasteiger partial charge in [-0.25, -0.2) is 0 Å². The van der Waals surface area contributed by atoms with Gasteiger partial charge in [-0.2, -0.15) is 0 Å². The van der Waals surface area contributed by atoms with Gasteiger partial charge in [0.15, 0.2) is 0 Å². The first kappa shape index (κ1) is 10.2. The van der Waals surface area contributed by atoms with Gasteiger partial charge in [-0.05, 0) is 18.9 Å². The Kier molecular flexibility index (Phi) is 6.79. The second-order valence-corrected chi connectivity index (χ2v) is 2.46. The summed E-state index contributed by atoms with van der Waals surface area (Å²) in [5.74, 6) is 0.0281. The smallest absolute Gasteiger partial charge is 0.243 e. The van der Waals surface area contributed by atoms with Crippen LogP contribution in [0.4, 0.5) is 0 Å². The van der Waals surface area contributed by atoms with Crippen LogP contribution in [0.1, 0.15) is 33.1 Å². The van der Waals surface area contributed by atoms with Gasteiger partial charge >= 0.3 is 0 Å². The van der Waals surface area contributed by atoms with Crippen molar-refractivity contribution in [3.8, 4) is 0 Å². The summed E-state index contributed by atoms with van der Waals surface area (Å²) >= 11 is 0. The SMILES string of the molecule is CCC=CC(=O)NCCCC. The van der Waals surface area contributed by atoms with Crippen molar-refractivity contribution in [2.75, 3.05) is 6.54 Å². The average molecular weight is 155 g/mol. The highest BCUT2D eigenvalue weighted by Gasteiger charge is 1.90. The summed E-state index contributed by atoms with van der Waals surface area (Å²) in [4.78, 5) is 10.9. The average Bonchev–Trinajstić information content (AvgIpc) is 2.01. The van der Waals surface area contributed by atoms with Gasteiger partial charge < -0.3 is 5.32 Å². The molecule has 1 amide bonds. The van der Waals surface area contributed by atoms with E-state index in [1.807, 2.05) is 13.0 Å². The Morgan fingerprint density at radius 2 is 2.18 bits per heavy atom. The number of hydrogen-bond donors (Lipinski definition) is 1. The van der Waals surface area contributed by atoms with Crippen molar-refractivity contribution in [2.24, 2.45) is 0 Å². The van der Waals surface area contributed by atoms with E-state index in [4.69, 9.17) is 0 Å². The Morgan fingerprint density at radius 3 is 2.73 bits per heavy atom. The van der Waals surface area contributed by atoms with Crippen molar-refractivity contribution in [3.05, 3.63) is 12.2 Å². The fraction of sp³-hybridized carbons (Fsp3) is 0.667. The lowest BCUT2D eigenvalue weighted by atomic mass is 10.3. The maximum Gasteiger partial charge on any atom is 0.243 e. The predicted molar refractivity (Wildman–Crippen MR) is 47.3 cm³/mol. The van der Waals surface area contributed by atoms with Gasteiger partial charge in [-0.3, -0.25) is 4.79 Å². The molecule has 0 aliphatic rings. The van der Waals surface area contributed by atoms with Gasteiger partial charge in [0, 0.05) is 6.54 Å². The molecule has 0 radical (unpaired) electrons. The highest BCUT2D eigenvalue weighted by atomic mass is 16.1. The van der Waals surface area contributed by atoms with Crippen molar-refractivity contribution < 1.29 is 4.79 Å². The van der Waals surface area contributed by atoms with E-state index in [-0.39, 0.29) is 5.91 Å². The van der Waals surface area contributed by atoms with Crippen molar-refractivity contribution in [1.82, 2.24) is 5.32 Å². The summed E-state index contributed by atoms with van der Waals surface area (Å²) in [6.45, 7) is 4.91. The molecular weight excluding hydrogens is 138 g/mol.